The van der Waals surface area contributed by atoms with Crippen LogP contribution < -0.4 is 5.32 Å². The molecule has 2 atom stereocenters. The van der Waals surface area contributed by atoms with Gasteiger partial charge in [0.25, 0.3) is 0 Å². The third kappa shape index (κ3) is 2.53. The number of hydrogen-bond donors (Lipinski definition) is 1. The lowest BCUT2D eigenvalue weighted by atomic mass is 10.1. The lowest BCUT2D eigenvalue weighted by Crippen LogP contribution is -2.34. The molecule has 3 rings (SSSR count). The van der Waals surface area contributed by atoms with Crippen molar-refractivity contribution in [3.05, 3.63) is 18.0 Å². The van der Waals surface area contributed by atoms with E-state index in [0.717, 1.165) is 6.04 Å². The molecule has 17 heavy (non-hydrogen) atoms. The van der Waals surface area contributed by atoms with Gasteiger partial charge in [-0.25, -0.2) is 0 Å². The zero-order valence-corrected chi connectivity index (χ0v) is 10.8. The molecule has 1 saturated carbocycles. The Morgan fingerprint density at radius 3 is 2.88 bits per heavy atom. The number of aryl methyl sites for hydroxylation is 1. The average molecular weight is 234 g/mol. The lowest BCUT2D eigenvalue weighted by Gasteiger charge is -2.19. The molecule has 0 spiro atoms. The van der Waals surface area contributed by atoms with Gasteiger partial charge in [-0.05, 0) is 26.2 Å². The first-order valence-electron chi connectivity index (χ1n) is 6.71. The van der Waals surface area contributed by atoms with E-state index in [1.165, 1.54) is 37.9 Å². The number of likely N-dealkylation sites (tertiary alicyclic amines) is 1. The van der Waals surface area contributed by atoms with E-state index in [-0.39, 0.29) is 0 Å². The minimum atomic E-state index is 0.410. The van der Waals surface area contributed by atoms with Crippen molar-refractivity contribution in [2.24, 2.45) is 7.05 Å². The molecule has 4 nitrogen and oxygen atoms in total. The molecule has 0 bridgehead atoms. The van der Waals surface area contributed by atoms with Crippen molar-refractivity contribution in [3.8, 4) is 0 Å². The van der Waals surface area contributed by atoms with Crippen LogP contribution in [0, 0.1) is 0 Å². The van der Waals surface area contributed by atoms with E-state index in [1.54, 1.807) is 0 Å². The predicted octanol–water partition coefficient (Wildman–Crippen LogP) is 1.31. The number of rotatable bonds is 4. The van der Waals surface area contributed by atoms with Gasteiger partial charge in [-0.2, -0.15) is 5.10 Å². The van der Waals surface area contributed by atoms with Gasteiger partial charge in [-0.1, -0.05) is 0 Å². The standard InChI is InChI=1S/C13H22N4/c1-10(11-7-14-16(2)8-11)15-12-5-6-17(9-12)13-3-4-13/h7-8,10,12-13,15H,3-6,9H2,1-2H3. The van der Waals surface area contributed by atoms with E-state index < -0.39 is 0 Å². The average Bonchev–Trinajstić information content (AvgIpc) is 2.90. The molecule has 0 radical (unpaired) electrons. The second kappa shape index (κ2) is 4.42. The van der Waals surface area contributed by atoms with E-state index in [1.807, 2.05) is 17.9 Å². The molecule has 1 aliphatic heterocycles. The molecule has 1 aromatic heterocycles. The van der Waals surface area contributed by atoms with Gasteiger partial charge in [0, 0.05) is 50.0 Å². The maximum atomic E-state index is 4.23. The van der Waals surface area contributed by atoms with Crippen molar-refractivity contribution in [3.63, 3.8) is 0 Å². The fraction of sp³-hybridized carbons (Fsp3) is 0.769. The van der Waals surface area contributed by atoms with Crippen molar-refractivity contribution in [1.82, 2.24) is 20.0 Å². The molecule has 0 aromatic carbocycles. The number of aromatic nitrogens is 2. The lowest BCUT2D eigenvalue weighted by molar-refractivity contribution is 0.313. The molecule has 2 aliphatic rings. The van der Waals surface area contributed by atoms with E-state index in [4.69, 9.17) is 0 Å². The van der Waals surface area contributed by atoms with E-state index in [0.29, 0.717) is 12.1 Å². The van der Waals surface area contributed by atoms with E-state index in [2.05, 4.69) is 28.4 Å². The number of hydrogen-bond acceptors (Lipinski definition) is 3. The zero-order valence-electron chi connectivity index (χ0n) is 10.8. The van der Waals surface area contributed by atoms with Crippen molar-refractivity contribution < 1.29 is 0 Å². The summed E-state index contributed by atoms with van der Waals surface area (Å²) in [5.74, 6) is 0. The molecule has 2 heterocycles. The van der Waals surface area contributed by atoms with Crippen LogP contribution in [0.3, 0.4) is 0 Å². The topological polar surface area (TPSA) is 33.1 Å². The first-order valence-corrected chi connectivity index (χ1v) is 6.71. The molecule has 4 heteroatoms. The van der Waals surface area contributed by atoms with Crippen molar-refractivity contribution >= 4 is 0 Å². The normalized spacial score (nSPS) is 27.5. The number of nitrogens with one attached hydrogen (secondary N) is 1. The van der Waals surface area contributed by atoms with Crippen LogP contribution in [-0.2, 0) is 7.05 Å². The SMILES string of the molecule is CC(NC1CCN(C2CC2)C1)c1cnn(C)c1. The van der Waals surface area contributed by atoms with Gasteiger partial charge in [0.1, 0.15) is 0 Å². The van der Waals surface area contributed by atoms with Crippen molar-refractivity contribution in [2.75, 3.05) is 13.1 Å². The Morgan fingerprint density at radius 1 is 1.41 bits per heavy atom. The van der Waals surface area contributed by atoms with Gasteiger partial charge < -0.3 is 5.32 Å². The summed E-state index contributed by atoms with van der Waals surface area (Å²) in [6.07, 6.45) is 8.20. The first kappa shape index (κ1) is 11.2. The monoisotopic (exact) mass is 234 g/mol. The molecule has 2 unspecified atom stereocenters. The maximum Gasteiger partial charge on any atom is 0.0537 e. The summed E-state index contributed by atoms with van der Waals surface area (Å²) in [6, 6.07) is 1.98. The summed E-state index contributed by atoms with van der Waals surface area (Å²) < 4.78 is 1.87. The van der Waals surface area contributed by atoms with Gasteiger partial charge in [0.05, 0.1) is 6.20 Å². The van der Waals surface area contributed by atoms with Crippen molar-refractivity contribution in [2.45, 2.75) is 44.3 Å². The van der Waals surface area contributed by atoms with Crippen LogP contribution >= 0.6 is 0 Å². The Labute approximate surface area is 103 Å². The summed E-state index contributed by atoms with van der Waals surface area (Å²) in [7, 11) is 1.97. The van der Waals surface area contributed by atoms with Gasteiger partial charge in [-0.3, -0.25) is 9.58 Å². The van der Waals surface area contributed by atoms with Crippen molar-refractivity contribution in [1.29, 1.82) is 0 Å². The van der Waals surface area contributed by atoms with Crippen LogP contribution in [0.15, 0.2) is 12.4 Å². The Hall–Kier alpha value is -0.870. The molecular formula is C13H22N4. The molecule has 0 amide bonds. The van der Waals surface area contributed by atoms with Gasteiger partial charge in [0.15, 0.2) is 0 Å². The Bertz CT molecular complexity index is 383. The summed E-state index contributed by atoms with van der Waals surface area (Å²) in [6.45, 7) is 4.74. The molecular weight excluding hydrogens is 212 g/mol. The first-order chi connectivity index (χ1) is 8.22. The van der Waals surface area contributed by atoms with Gasteiger partial charge in [-0.15, -0.1) is 0 Å². The van der Waals surface area contributed by atoms with Gasteiger partial charge in [0.2, 0.25) is 0 Å². The number of nitrogens with zero attached hydrogens (tertiary/aromatic N) is 3. The summed E-state index contributed by atoms with van der Waals surface area (Å²) >= 11 is 0. The minimum absolute atomic E-state index is 0.410. The molecule has 1 N–H and O–H groups in total. The molecule has 1 aromatic rings. The molecule has 1 aliphatic carbocycles. The van der Waals surface area contributed by atoms with Crippen LogP contribution in [0.1, 0.15) is 37.8 Å². The smallest absolute Gasteiger partial charge is 0.0537 e. The van der Waals surface area contributed by atoms with Crippen LogP contribution in [-0.4, -0.2) is 39.9 Å². The fourth-order valence-electron chi connectivity index (χ4n) is 2.81. The van der Waals surface area contributed by atoms with Gasteiger partial charge >= 0.3 is 0 Å². The molecule has 94 valence electrons. The highest BCUT2D eigenvalue weighted by Crippen LogP contribution is 2.30. The highest BCUT2D eigenvalue weighted by Gasteiger charge is 2.34. The van der Waals surface area contributed by atoms with Crippen LogP contribution in [0.2, 0.25) is 0 Å². The fourth-order valence-corrected chi connectivity index (χ4v) is 2.81. The molecule has 1 saturated heterocycles. The van der Waals surface area contributed by atoms with Crippen LogP contribution in [0.4, 0.5) is 0 Å². The summed E-state index contributed by atoms with van der Waals surface area (Å²) in [4.78, 5) is 2.65. The predicted molar refractivity (Wildman–Crippen MR) is 67.8 cm³/mol. The largest absolute Gasteiger partial charge is 0.306 e. The summed E-state index contributed by atoms with van der Waals surface area (Å²) in [5, 5.41) is 7.96. The Morgan fingerprint density at radius 2 is 2.24 bits per heavy atom. The third-order valence-electron chi connectivity index (χ3n) is 3.99. The summed E-state index contributed by atoms with van der Waals surface area (Å²) in [5.41, 5.74) is 1.29. The Kier molecular flexibility index (Phi) is 2.92. The zero-order chi connectivity index (χ0) is 11.8. The quantitative estimate of drug-likeness (QED) is 0.852. The van der Waals surface area contributed by atoms with Crippen LogP contribution in [0.25, 0.3) is 0 Å². The second-order valence-corrected chi connectivity index (χ2v) is 5.55. The maximum absolute atomic E-state index is 4.23. The highest BCUT2D eigenvalue weighted by atomic mass is 15.3. The van der Waals surface area contributed by atoms with E-state index in [9.17, 15) is 0 Å². The minimum Gasteiger partial charge on any atom is -0.306 e. The third-order valence-corrected chi connectivity index (χ3v) is 3.99. The van der Waals surface area contributed by atoms with E-state index >= 15 is 0 Å². The second-order valence-electron chi connectivity index (χ2n) is 5.55. The van der Waals surface area contributed by atoms with Crippen LogP contribution in [0.5, 0.6) is 0 Å². The highest BCUT2D eigenvalue weighted by molar-refractivity contribution is 5.09. The Balaban J connectivity index is 1.53. The molecule has 2 fully saturated rings.